The Morgan fingerprint density at radius 2 is 1.83 bits per heavy atom. The van der Waals surface area contributed by atoms with Crippen LogP contribution in [0.4, 0.5) is 0 Å². The molecule has 0 saturated heterocycles. The molecular weight excluding hydrogens is 364 g/mol. The Bertz CT molecular complexity index is 1120. The van der Waals surface area contributed by atoms with Crippen molar-refractivity contribution in [2.24, 2.45) is 0 Å². The number of benzene rings is 2. The number of ether oxygens (including phenoxy) is 1. The minimum Gasteiger partial charge on any atom is -0.465 e. The Kier molecular flexibility index (Phi) is 5.40. The lowest BCUT2D eigenvalue weighted by atomic mass is 9.94. The molecule has 4 rings (SSSR count). The fourth-order valence-electron chi connectivity index (χ4n) is 3.59. The van der Waals surface area contributed by atoms with E-state index in [0.717, 1.165) is 27.8 Å². The molecule has 146 valence electrons. The van der Waals surface area contributed by atoms with E-state index in [1.54, 1.807) is 6.26 Å². The first kappa shape index (κ1) is 18.9. The van der Waals surface area contributed by atoms with Gasteiger partial charge in [0.05, 0.1) is 24.5 Å². The van der Waals surface area contributed by atoms with Gasteiger partial charge in [-0.15, -0.1) is 0 Å². The summed E-state index contributed by atoms with van der Waals surface area (Å²) >= 11 is 0. The minimum atomic E-state index is -0.379. The molecule has 2 N–H and O–H groups in total. The van der Waals surface area contributed by atoms with Gasteiger partial charge in [0, 0.05) is 10.9 Å². The maximum absolute atomic E-state index is 12.9. The normalized spacial score (nSPS) is 12.1. The molecule has 4 aromatic rings. The topological polar surface area (TPSA) is 68.9 Å². The van der Waals surface area contributed by atoms with Gasteiger partial charge in [0.1, 0.15) is 18.3 Å². The number of esters is 1. The molecule has 0 radical (unpaired) electrons. The molecule has 0 unspecified atom stereocenters. The van der Waals surface area contributed by atoms with Gasteiger partial charge in [0.2, 0.25) is 0 Å². The Hall–Kier alpha value is -3.44. The highest BCUT2D eigenvalue weighted by atomic mass is 16.5. The molecule has 2 heterocycles. The van der Waals surface area contributed by atoms with Crippen molar-refractivity contribution in [3.63, 3.8) is 0 Å². The van der Waals surface area contributed by atoms with Crippen LogP contribution in [0.3, 0.4) is 0 Å². The molecule has 5 heteroatoms. The van der Waals surface area contributed by atoms with E-state index in [4.69, 9.17) is 14.1 Å². The van der Waals surface area contributed by atoms with E-state index in [1.807, 2.05) is 66.7 Å². The molecule has 0 aliphatic carbocycles. The van der Waals surface area contributed by atoms with Crippen LogP contribution in [0.15, 0.2) is 77.4 Å². The van der Waals surface area contributed by atoms with Crippen LogP contribution in [0, 0.1) is 0 Å². The Balaban J connectivity index is 1.86. The Morgan fingerprint density at radius 3 is 2.55 bits per heavy atom. The molecule has 0 fully saturated rings. The van der Waals surface area contributed by atoms with E-state index in [-0.39, 0.29) is 12.0 Å². The lowest BCUT2D eigenvalue weighted by Crippen LogP contribution is -2.83. The third kappa shape index (κ3) is 3.77. The number of nitrogens with two attached hydrogens (primary N) is 1. The summed E-state index contributed by atoms with van der Waals surface area (Å²) < 4.78 is 10.7. The third-order valence-electron chi connectivity index (χ3n) is 5.08. The third-order valence-corrected chi connectivity index (χ3v) is 5.08. The first-order valence-electron chi connectivity index (χ1n) is 9.61. The molecule has 2 aromatic heterocycles. The largest absolute Gasteiger partial charge is 0.465 e. The number of pyridine rings is 1. The number of methoxy groups -OCH3 is 1. The summed E-state index contributed by atoms with van der Waals surface area (Å²) in [4.78, 5) is 17.7. The summed E-state index contributed by atoms with van der Waals surface area (Å²) in [5, 5.41) is 3.04. The van der Waals surface area contributed by atoms with Gasteiger partial charge in [0.25, 0.3) is 0 Å². The summed E-state index contributed by atoms with van der Waals surface area (Å²) in [5.41, 5.74) is 3.89. The molecule has 29 heavy (non-hydrogen) atoms. The van der Waals surface area contributed by atoms with Crippen LogP contribution >= 0.6 is 0 Å². The predicted octanol–water partition coefficient (Wildman–Crippen LogP) is 4.11. The monoisotopic (exact) mass is 387 g/mol. The first-order valence-corrected chi connectivity index (χ1v) is 9.61. The van der Waals surface area contributed by atoms with Crippen molar-refractivity contribution in [3.05, 3.63) is 90.0 Å². The van der Waals surface area contributed by atoms with E-state index in [9.17, 15) is 4.79 Å². The zero-order valence-corrected chi connectivity index (χ0v) is 16.5. The van der Waals surface area contributed by atoms with Gasteiger partial charge >= 0.3 is 5.97 Å². The van der Waals surface area contributed by atoms with Gasteiger partial charge < -0.3 is 14.5 Å². The standard InChI is InChI=1S/C24H22N2O3/c1-16(21-13-8-14-29-21)25-15-20-23(24(27)28-2)22(17-9-4-3-5-10-17)18-11-6-7-12-19(18)26-20/h3-14,16,25H,15H2,1-2H3/p+1/t16-/m0/s1. The van der Waals surface area contributed by atoms with Crippen molar-refractivity contribution in [2.75, 3.05) is 7.11 Å². The average molecular weight is 387 g/mol. The predicted molar refractivity (Wildman–Crippen MR) is 111 cm³/mol. The van der Waals surface area contributed by atoms with Gasteiger partial charge in [-0.25, -0.2) is 9.78 Å². The van der Waals surface area contributed by atoms with Crippen LogP contribution in [0.25, 0.3) is 22.0 Å². The van der Waals surface area contributed by atoms with Crippen LogP contribution in [0.5, 0.6) is 0 Å². The molecule has 0 amide bonds. The van der Waals surface area contributed by atoms with Crippen molar-refractivity contribution in [2.45, 2.75) is 19.5 Å². The number of quaternary nitrogens is 1. The smallest absolute Gasteiger partial charge is 0.340 e. The maximum atomic E-state index is 12.9. The number of rotatable bonds is 6. The second-order valence-corrected chi connectivity index (χ2v) is 6.93. The number of fused-ring (bicyclic) bond motifs is 1. The Labute approximate surface area is 169 Å². The molecule has 2 aromatic carbocycles. The average Bonchev–Trinajstić information content (AvgIpc) is 3.31. The highest BCUT2D eigenvalue weighted by molar-refractivity contribution is 6.07. The number of nitrogens with zero attached hydrogens (tertiary/aromatic N) is 1. The van der Waals surface area contributed by atoms with Gasteiger partial charge in [-0.1, -0.05) is 48.5 Å². The van der Waals surface area contributed by atoms with Crippen molar-refractivity contribution in [3.8, 4) is 11.1 Å². The van der Waals surface area contributed by atoms with E-state index < -0.39 is 0 Å². The number of hydrogen-bond donors (Lipinski definition) is 1. The van der Waals surface area contributed by atoms with E-state index in [0.29, 0.717) is 17.8 Å². The van der Waals surface area contributed by atoms with Crippen LogP contribution in [-0.2, 0) is 11.3 Å². The zero-order valence-electron chi connectivity index (χ0n) is 16.5. The highest BCUT2D eigenvalue weighted by Crippen LogP contribution is 2.33. The highest BCUT2D eigenvalue weighted by Gasteiger charge is 2.24. The van der Waals surface area contributed by atoms with Crippen LogP contribution in [0.1, 0.15) is 34.8 Å². The van der Waals surface area contributed by atoms with Crippen molar-refractivity contribution in [1.29, 1.82) is 0 Å². The number of hydrogen-bond acceptors (Lipinski definition) is 4. The van der Waals surface area contributed by atoms with E-state index >= 15 is 0 Å². The first-order chi connectivity index (χ1) is 14.2. The molecule has 0 spiro atoms. The molecule has 1 atom stereocenters. The fraction of sp³-hybridized carbons (Fsp3) is 0.167. The maximum Gasteiger partial charge on any atom is 0.340 e. The van der Waals surface area contributed by atoms with Gasteiger partial charge in [-0.05, 0) is 30.7 Å². The van der Waals surface area contributed by atoms with Gasteiger partial charge in [0.15, 0.2) is 5.76 Å². The number of carbonyl (C=O) groups is 1. The quantitative estimate of drug-likeness (QED) is 0.506. The number of aromatic nitrogens is 1. The summed E-state index contributed by atoms with van der Waals surface area (Å²) in [7, 11) is 1.41. The van der Waals surface area contributed by atoms with Crippen molar-refractivity contribution < 1.29 is 19.3 Å². The van der Waals surface area contributed by atoms with Gasteiger partial charge in [-0.2, -0.15) is 0 Å². The minimum absolute atomic E-state index is 0.101. The molecule has 0 aliphatic heterocycles. The number of furan rings is 1. The molecular formula is C24H23N2O3+. The van der Waals surface area contributed by atoms with Crippen LogP contribution in [-0.4, -0.2) is 18.1 Å². The SMILES string of the molecule is COC(=O)c1c(C[NH2+][C@@H](C)c2ccco2)nc2ccccc2c1-c1ccccc1. The van der Waals surface area contributed by atoms with Gasteiger partial charge in [-0.3, -0.25) is 0 Å². The summed E-state index contributed by atoms with van der Waals surface area (Å²) in [6, 6.07) is 21.7. The summed E-state index contributed by atoms with van der Waals surface area (Å²) in [6.07, 6.45) is 1.67. The molecule has 5 nitrogen and oxygen atoms in total. The fourth-order valence-corrected chi connectivity index (χ4v) is 3.59. The van der Waals surface area contributed by atoms with E-state index in [1.165, 1.54) is 7.11 Å². The lowest BCUT2D eigenvalue weighted by molar-refractivity contribution is -0.710. The number of para-hydroxylation sites is 1. The lowest BCUT2D eigenvalue weighted by Gasteiger charge is -2.16. The second-order valence-electron chi connectivity index (χ2n) is 6.93. The summed E-state index contributed by atoms with van der Waals surface area (Å²) in [6.45, 7) is 2.59. The molecule has 0 saturated carbocycles. The second kappa shape index (κ2) is 8.29. The summed E-state index contributed by atoms with van der Waals surface area (Å²) in [5.74, 6) is 0.504. The van der Waals surface area contributed by atoms with Crippen LogP contribution in [0.2, 0.25) is 0 Å². The molecule has 0 aliphatic rings. The molecule has 0 bridgehead atoms. The number of carbonyl (C=O) groups excluding carboxylic acids is 1. The Morgan fingerprint density at radius 1 is 1.07 bits per heavy atom. The van der Waals surface area contributed by atoms with Crippen LogP contribution < -0.4 is 5.32 Å². The van der Waals surface area contributed by atoms with Crippen molar-refractivity contribution >= 4 is 16.9 Å². The zero-order chi connectivity index (χ0) is 20.2. The van der Waals surface area contributed by atoms with E-state index in [2.05, 4.69) is 12.2 Å². The van der Waals surface area contributed by atoms with Crippen molar-refractivity contribution in [1.82, 2.24) is 4.98 Å².